The monoisotopic (exact) mass is 265 g/mol. The number of benzene rings is 1. The highest BCUT2D eigenvalue weighted by atomic mass is 16.5. The number of nitrogens with zero attached hydrogens (tertiary/aromatic N) is 1. The highest BCUT2D eigenvalue weighted by Gasteiger charge is 2.14. The van der Waals surface area contributed by atoms with Gasteiger partial charge in [-0.15, -0.1) is 0 Å². The number of hydrogen-bond donors (Lipinski definition) is 1. The predicted molar refractivity (Wildman–Crippen MR) is 76.7 cm³/mol. The summed E-state index contributed by atoms with van der Waals surface area (Å²) in [5.74, 6) is -0.837. The van der Waals surface area contributed by atoms with Crippen molar-refractivity contribution >= 4 is 11.7 Å². The Balaban J connectivity index is 2.66. The number of hydrogen-bond acceptors (Lipinski definition) is 3. The van der Waals surface area contributed by atoms with Crippen LogP contribution in [-0.2, 0) is 9.53 Å². The number of aliphatic carboxylic acids is 1. The smallest absolute Gasteiger partial charge is 0.323 e. The lowest BCUT2D eigenvalue weighted by Gasteiger charge is -2.26. The third-order valence-electron chi connectivity index (χ3n) is 2.62. The normalized spacial score (nSPS) is 11.4. The van der Waals surface area contributed by atoms with E-state index in [-0.39, 0.29) is 12.1 Å². The van der Waals surface area contributed by atoms with E-state index in [9.17, 15) is 4.79 Å². The molecule has 0 saturated carbocycles. The maximum Gasteiger partial charge on any atom is 0.323 e. The van der Waals surface area contributed by atoms with Crippen molar-refractivity contribution in [2.75, 3.05) is 24.6 Å². The van der Waals surface area contributed by atoms with Crippen molar-refractivity contribution in [3.63, 3.8) is 0 Å². The SMILES string of the molecule is Cc1ccc(N(CCOC(C)(C)C)CC(=O)O)cc1. The van der Waals surface area contributed by atoms with Crippen LogP contribution in [0.15, 0.2) is 24.3 Å². The number of ether oxygens (including phenoxy) is 1. The molecule has 0 aliphatic carbocycles. The zero-order chi connectivity index (χ0) is 14.5. The van der Waals surface area contributed by atoms with Crippen molar-refractivity contribution in [3.8, 4) is 0 Å². The Morgan fingerprint density at radius 1 is 1.26 bits per heavy atom. The Morgan fingerprint density at radius 2 is 1.84 bits per heavy atom. The van der Waals surface area contributed by atoms with Gasteiger partial charge in [0.2, 0.25) is 0 Å². The fourth-order valence-corrected chi connectivity index (χ4v) is 1.68. The minimum Gasteiger partial charge on any atom is -0.480 e. The van der Waals surface area contributed by atoms with E-state index in [2.05, 4.69) is 0 Å². The van der Waals surface area contributed by atoms with Crippen LogP contribution in [0.2, 0.25) is 0 Å². The first-order valence-electron chi connectivity index (χ1n) is 6.45. The Kier molecular flexibility index (Phi) is 5.36. The molecule has 0 fully saturated rings. The summed E-state index contributed by atoms with van der Waals surface area (Å²) < 4.78 is 5.65. The van der Waals surface area contributed by atoms with Gasteiger partial charge in [-0.25, -0.2) is 0 Å². The summed E-state index contributed by atoms with van der Waals surface area (Å²) in [6.07, 6.45) is 0. The summed E-state index contributed by atoms with van der Waals surface area (Å²) in [5, 5.41) is 8.98. The molecule has 1 N–H and O–H groups in total. The maximum absolute atomic E-state index is 10.9. The first kappa shape index (κ1) is 15.5. The van der Waals surface area contributed by atoms with Gasteiger partial charge in [0.15, 0.2) is 0 Å². The molecule has 0 saturated heterocycles. The summed E-state index contributed by atoms with van der Waals surface area (Å²) in [7, 11) is 0. The first-order valence-corrected chi connectivity index (χ1v) is 6.45. The molecule has 19 heavy (non-hydrogen) atoms. The third kappa shape index (κ3) is 6.25. The van der Waals surface area contributed by atoms with Crippen LogP contribution < -0.4 is 4.90 Å². The van der Waals surface area contributed by atoms with Crippen LogP contribution in [0, 0.1) is 6.92 Å². The number of rotatable bonds is 6. The second-order valence-corrected chi connectivity index (χ2v) is 5.61. The molecular formula is C15H23NO3. The zero-order valence-corrected chi connectivity index (χ0v) is 12.1. The molecule has 0 atom stereocenters. The van der Waals surface area contributed by atoms with E-state index in [1.807, 2.05) is 56.9 Å². The molecule has 0 aliphatic rings. The average molecular weight is 265 g/mol. The molecule has 0 unspecified atom stereocenters. The number of anilines is 1. The van der Waals surface area contributed by atoms with Crippen LogP contribution in [0.3, 0.4) is 0 Å². The summed E-state index contributed by atoms with van der Waals surface area (Å²) in [6, 6.07) is 7.84. The van der Waals surface area contributed by atoms with Gasteiger partial charge in [0.05, 0.1) is 12.2 Å². The molecule has 1 rings (SSSR count). The molecule has 4 heteroatoms. The average Bonchev–Trinajstić information content (AvgIpc) is 2.26. The largest absolute Gasteiger partial charge is 0.480 e. The van der Waals surface area contributed by atoms with Gasteiger partial charge in [0.25, 0.3) is 0 Å². The summed E-state index contributed by atoms with van der Waals surface area (Å²) in [4.78, 5) is 12.7. The van der Waals surface area contributed by atoms with Crippen molar-refractivity contribution in [1.29, 1.82) is 0 Å². The fourth-order valence-electron chi connectivity index (χ4n) is 1.68. The number of carboxylic acids is 1. The molecule has 1 aromatic rings. The maximum atomic E-state index is 10.9. The molecule has 1 aromatic carbocycles. The minimum atomic E-state index is -0.837. The van der Waals surface area contributed by atoms with Crippen molar-refractivity contribution in [1.82, 2.24) is 0 Å². The molecule has 4 nitrogen and oxygen atoms in total. The molecule has 0 radical (unpaired) electrons. The Bertz CT molecular complexity index is 406. The van der Waals surface area contributed by atoms with Crippen LogP contribution in [0.5, 0.6) is 0 Å². The lowest BCUT2D eigenvalue weighted by atomic mass is 10.2. The van der Waals surface area contributed by atoms with Gasteiger partial charge in [-0.05, 0) is 39.8 Å². The van der Waals surface area contributed by atoms with Crippen molar-refractivity contribution < 1.29 is 14.6 Å². The van der Waals surface area contributed by atoms with Crippen LogP contribution in [-0.4, -0.2) is 36.4 Å². The van der Waals surface area contributed by atoms with Gasteiger partial charge in [0, 0.05) is 12.2 Å². The van der Waals surface area contributed by atoms with E-state index in [4.69, 9.17) is 9.84 Å². The molecule has 0 aliphatic heterocycles. The van der Waals surface area contributed by atoms with Gasteiger partial charge in [0.1, 0.15) is 6.54 Å². The van der Waals surface area contributed by atoms with Gasteiger partial charge < -0.3 is 14.7 Å². The first-order chi connectivity index (χ1) is 8.78. The van der Waals surface area contributed by atoms with E-state index >= 15 is 0 Å². The summed E-state index contributed by atoms with van der Waals surface area (Å²) >= 11 is 0. The second kappa shape index (κ2) is 6.57. The van der Waals surface area contributed by atoms with Crippen molar-refractivity contribution in [3.05, 3.63) is 29.8 Å². The van der Waals surface area contributed by atoms with Crippen molar-refractivity contribution in [2.24, 2.45) is 0 Å². The van der Waals surface area contributed by atoms with Gasteiger partial charge in [-0.2, -0.15) is 0 Å². The molecule has 0 aromatic heterocycles. The summed E-state index contributed by atoms with van der Waals surface area (Å²) in [6.45, 7) is 9.02. The van der Waals surface area contributed by atoms with Crippen LogP contribution in [0.4, 0.5) is 5.69 Å². The molecule has 0 amide bonds. The van der Waals surface area contributed by atoms with Crippen molar-refractivity contribution in [2.45, 2.75) is 33.3 Å². The van der Waals surface area contributed by atoms with E-state index < -0.39 is 5.97 Å². The topological polar surface area (TPSA) is 49.8 Å². The van der Waals surface area contributed by atoms with Gasteiger partial charge in [-0.1, -0.05) is 17.7 Å². The minimum absolute atomic E-state index is 0.0173. The third-order valence-corrected chi connectivity index (χ3v) is 2.62. The lowest BCUT2D eigenvalue weighted by Crippen LogP contribution is -2.34. The molecule has 0 spiro atoms. The Hall–Kier alpha value is -1.55. The van der Waals surface area contributed by atoms with E-state index in [0.29, 0.717) is 13.2 Å². The molecule has 106 valence electrons. The molecule has 0 heterocycles. The fraction of sp³-hybridized carbons (Fsp3) is 0.533. The van der Waals surface area contributed by atoms with Gasteiger partial charge in [-0.3, -0.25) is 4.79 Å². The number of aryl methyl sites for hydroxylation is 1. The van der Waals surface area contributed by atoms with Gasteiger partial charge >= 0.3 is 5.97 Å². The quantitative estimate of drug-likeness (QED) is 0.859. The molecule has 0 bridgehead atoms. The van der Waals surface area contributed by atoms with E-state index in [1.54, 1.807) is 0 Å². The van der Waals surface area contributed by atoms with Crippen LogP contribution in [0.25, 0.3) is 0 Å². The van der Waals surface area contributed by atoms with Crippen LogP contribution in [0.1, 0.15) is 26.3 Å². The highest BCUT2D eigenvalue weighted by molar-refractivity contribution is 5.73. The van der Waals surface area contributed by atoms with E-state index in [1.165, 1.54) is 0 Å². The Morgan fingerprint density at radius 3 is 2.32 bits per heavy atom. The Labute approximate surface area is 115 Å². The highest BCUT2D eigenvalue weighted by Crippen LogP contribution is 2.15. The van der Waals surface area contributed by atoms with E-state index in [0.717, 1.165) is 11.3 Å². The second-order valence-electron chi connectivity index (χ2n) is 5.61. The lowest BCUT2D eigenvalue weighted by molar-refractivity contribution is -0.135. The zero-order valence-electron chi connectivity index (χ0n) is 12.1. The molecular weight excluding hydrogens is 242 g/mol. The number of carbonyl (C=O) groups is 1. The standard InChI is InChI=1S/C15H23NO3/c1-12-5-7-13(8-6-12)16(11-14(17)18)9-10-19-15(2,3)4/h5-8H,9-11H2,1-4H3,(H,17,18). The summed E-state index contributed by atoms with van der Waals surface area (Å²) in [5.41, 5.74) is 1.86. The predicted octanol–water partition coefficient (Wildman–Crippen LogP) is 2.70. The number of carboxylic acid groups (broad SMARTS) is 1. The van der Waals surface area contributed by atoms with Crippen LogP contribution >= 0.6 is 0 Å².